The van der Waals surface area contributed by atoms with Crippen LogP contribution in [0.4, 0.5) is 0 Å². The summed E-state index contributed by atoms with van der Waals surface area (Å²) in [6.07, 6.45) is 10.5. The van der Waals surface area contributed by atoms with E-state index in [-0.39, 0.29) is 0 Å². The maximum Gasteiger partial charge on any atom is 0.223 e. The fourth-order valence-corrected chi connectivity index (χ4v) is 4.35. The van der Waals surface area contributed by atoms with Crippen LogP contribution >= 0.6 is 23.1 Å². The monoisotopic (exact) mass is 1070 g/mol. The molecule has 0 radical (unpaired) electrons. The van der Waals surface area contributed by atoms with E-state index in [1.165, 1.54) is 61.2 Å². The maximum absolute atomic E-state index is 4.85. The molecular formula is C46H82N22O4S2. The van der Waals surface area contributed by atoms with E-state index in [1.54, 1.807) is 38.7 Å². The van der Waals surface area contributed by atoms with E-state index in [1.807, 2.05) is 139 Å². The van der Waals surface area contributed by atoms with Crippen LogP contribution in [0.5, 0.6) is 0 Å². The van der Waals surface area contributed by atoms with Gasteiger partial charge in [-0.3, -0.25) is 20.0 Å². The molecule has 0 aromatic carbocycles. The van der Waals surface area contributed by atoms with Crippen LogP contribution in [0.1, 0.15) is 141 Å². The first-order valence-electron chi connectivity index (χ1n) is 23.4. The van der Waals surface area contributed by atoms with Crippen molar-refractivity contribution >= 4 is 23.1 Å². The second-order valence-electron chi connectivity index (χ2n) is 12.7. The van der Waals surface area contributed by atoms with E-state index in [0.717, 1.165) is 62.0 Å². The predicted molar refractivity (Wildman–Crippen MR) is 288 cm³/mol. The smallest absolute Gasteiger partial charge is 0.223 e. The molecule has 0 aliphatic carbocycles. The van der Waals surface area contributed by atoms with Gasteiger partial charge in [0.2, 0.25) is 11.8 Å². The zero-order chi connectivity index (χ0) is 57.3. The average Bonchev–Trinajstić information content (AvgIpc) is 4.22. The molecule has 0 saturated carbocycles. The second kappa shape index (κ2) is 49.0. The van der Waals surface area contributed by atoms with Crippen LogP contribution in [0.3, 0.4) is 0 Å². The molecule has 0 aliphatic rings. The summed E-state index contributed by atoms with van der Waals surface area (Å²) < 4.78 is 28.4. The number of aryl methyl sites for hydroxylation is 16. The Bertz CT molecular complexity index is 2170. The van der Waals surface area contributed by atoms with Crippen LogP contribution in [-0.2, 0) is 7.05 Å². The van der Waals surface area contributed by atoms with Gasteiger partial charge in [-0.25, -0.2) is 39.9 Å². The molecule has 10 aromatic heterocycles. The van der Waals surface area contributed by atoms with Crippen molar-refractivity contribution < 1.29 is 17.9 Å². The topological polar surface area (TPSA) is 337 Å². The second-order valence-corrected chi connectivity index (χ2v) is 14.6. The number of nitrogens with one attached hydrogen (secondary N) is 3. The third-order valence-corrected chi connectivity index (χ3v) is 8.05. The number of rotatable bonds is 0. The van der Waals surface area contributed by atoms with E-state index in [4.69, 9.17) is 8.83 Å². The first-order valence-corrected chi connectivity index (χ1v) is 24.9. The molecule has 10 heterocycles. The lowest BCUT2D eigenvalue weighted by atomic mass is 10.4. The zero-order valence-electron chi connectivity index (χ0n) is 48.0. The van der Waals surface area contributed by atoms with Gasteiger partial charge in [0.05, 0.1) is 11.4 Å². The molecule has 74 heavy (non-hydrogen) atoms. The molecule has 0 bridgehead atoms. The fourth-order valence-electron chi connectivity index (χ4n) is 3.39. The molecule has 0 amide bonds. The van der Waals surface area contributed by atoms with Gasteiger partial charge in [0.1, 0.15) is 82.3 Å². The van der Waals surface area contributed by atoms with Gasteiger partial charge in [0.15, 0.2) is 24.4 Å². The number of nitrogens with zero attached hydrogens (tertiary/aromatic N) is 19. The van der Waals surface area contributed by atoms with E-state index >= 15 is 0 Å². The summed E-state index contributed by atoms with van der Waals surface area (Å²) >= 11 is 2.89. The molecule has 26 nitrogen and oxygen atoms in total. The Labute approximate surface area is 444 Å². The van der Waals surface area contributed by atoms with Crippen molar-refractivity contribution in [3.8, 4) is 0 Å². The average molecular weight is 1070 g/mol. The molecule has 0 saturated heterocycles. The highest BCUT2D eigenvalue weighted by molar-refractivity contribution is 7.05. The van der Waals surface area contributed by atoms with Crippen molar-refractivity contribution in [2.45, 2.75) is 159 Å². The van der Waals surface area contributed by atoms with Gasteiger partial charge >= 0.3 is 0 Å². The summed E-state index contributed by atoms with van der Waals surface area (Å²) in [7, 11) is 1.83. The van der Waals surface area contributed by atoms with Crippen molar-refractivity contribution in [2.24, 2.45) is 7.05 Å². The fraction of sp³-hybridized carbons (Fsp3) is 0.522. The highest BCUT2D eigenvalue weighted by Crippen LogP contribution is 2.01. The molecule has 0 spiro atoms. The predicted octanol–water partition coefficient (Wildman–Crippen LogP) is 10.5. The number of hydrogen-bond acceptors (Lipinski definition) is 24. The van der Waals surface area contributed by atoms with E-state index in [9.17, 15) is 0 Å². The largest absolute Gasteiger partial charge is 0.449 e. The summed E-state index contributed by atoms with van der Waals surface area (Å²) in [5.74, 6) is 8.76. The summed E-state index contributed by atoms with van der Waals surface area (Å²) in [4.78, 5) is 38.3. The van der Waals surface area contributed by atoms with Crippen LogP contribution in [0.15, 0.2) is 62.3 Å². The van der Waals surface area contributed by atoms with Crippen molar-refractivity contribution in [3.63, 3.8) is 0 Å². The van der Waals surface area contributed by atoms with E-state index in [2.05, 4.69) is 114 Å². The van der Waals surface area contributed by atoms with Gasteiger partial charge in [-0.05, 0) is 113 Å². The molecule has 412 valence electrons. The Morgan fingerprint density at radius 1 is 0.432 bits per heavy atom. The molecule has 10 aromatic rings. The molecule has 0 aliphatic heterocycles. The lowest BCUT2D eigenvalue weighted by Crippen LogP contribution is -1.83. The van der Waals surface area contributed by atoms with Crippen LogP contribution in [0.2, 0.25) is 0 Å². The summed E-state index contributed by atoms with van der Waals surface area (Å²) in [6, 6.07) is 0. The minimum absolute atomic E-state index is 0.623. The highest BCUT2D eigenvalue weighted by Gasteiger charge is 1.93. The molecule has 28 heteroatoms. The Balaban J connectivity index is -0.000000362. The molecule has 3 N–H and O–H groups in total. The first-order chi connectivity index (χ1) is 35.3. The number of H-pyrrole nitrogens is 3. The highest BCUT2D eigenvalue weighted by atomic mass is 32.1. The first kappa shape index (κ1) is 72.9. The van der Waals surface area contributed by atoms with Crippen LogP contribution < -0.4 is 0 Å². The Morgan fingerprint density at radius 3 is 0.838 bits per heavy atom. The van der Waals surface area contributed by atoms with Crippen molar-refractivity contribution in [1.29, 1.82) is 0 Å². The summed E-state index contributed by atoms with van der Waals surface area (Å²) in [5, 5.41) is 31.5. The number of aromatic amines is 3. The zero-order valence-corrected chi connectivity index (χ0v) is 49.6. The third kappa shape index (κ3) is 44.3. The molecule has 0 atom stereocenters. The standard InChI is InChI=1S/2C5H7NO.2C4H6N2O.2C4H6N2S.4C3H5N3.4C2H6/c2*1-4-5(2)7-3-6-4;4*1-3-5-4(2)7-6-3;1-6-3-4-2-5-6;3*1-3-4-2-5-6-3;4*1-2/h2*3H,1-2H3;4*1-2H3;2-3H,1H3;3*2H,1H3,(H,4,5,6);4*1-2H3. The lowest BCUT2D eigenvalue weighted by molar-refractivity contribution is 0.389. The van der Waals surface area contributed by atoms with Crippen LogP contribution in [0.25, 0.3) is 0 Å². The van der Waals surface area contributed by atoms with Gasteiger partial charge in [-0.15, -0.1) is 0 Å². The SMILES string of the molecule is CC.CC.CC.CC.Cc1ncn[nH]1.Cc1ncn[nH]1.Cc1ncn[nH]1.Cc1ncoc1C.Cc1ncoc1C.Cc1noc(C)n1.Cc1noc(C)n1.Cc1nsc(C)n1.Cc1nsc(C)n1.Cn1cncn1. The molecular weight excluding hydrogens is 989 g/mol. The normalized spacial score (nSPS) is 8.54. The number of oxazole rings is 2. The van der Waals surface area contributed by atoms with Crippen molar-refractivity contribution in [3.05, 3.63) is 130 Å². The van der Waals surface area contributed by atoms with E-state index in [0.29, 0.717) is 23.4 Å². The minimum atomic E-state index is 0.623. The summed E-state index contributed by atoms with van der Waals surface area (Å²) in [6.45, 7) is 44.0. The molecule has 0 fully saturated rings. The molecule has 10 rings (SSSR count). The minimum Gasteiger partial charge on any atom is -0.449 e. The van der Waals surface area contributed by atoms with Crippen molar-refractivity contribution in [2.75, 3.05) is 0 Å². The van der Waals surface area contributed by atoms with Gasteiger partial charge in [-0.1, -0.05) is 65.7 Å². The Morgan fingerprint density at radius 2 is 0.770 bits per heavy atom. The Kier molecular flexibility index (Phi) is 48.3. The Hall–Kier alpha value is -7.62. The van der Waals surface area contributed by atoms with Crippen LogP contribution in [-0.4, -0.2) is 109 Å². The van der Waals surface area contributed by atoms with Gasteiger partial charge in [0.25, 0.3) is 0 Å². The quantitative estimate of drug-likeness (QED) is 0.127. The lowest BCUT2D eigenvalue weighted by Gasteiger charge is -1.76. The maximum atomic E-state index is 4.85. The summed E-state index contributed by atoms with van der Waals surface area (Å²) in [5.41, 5.74) is 1.94. The van der Waals surface area contributed by atoms with Gasteiger partial charge < -0.3 is 17.9 Å². The number of aromatic nitrogens is 22. The van der Waals surface area contributed by atoms with Crippen molar-refractivity contribution in [1.82, 2.24) is 109 Å². The third-order valence-electron chi connectivity index (χ3n) is 6.63. The molecule has 0 unspecified atom stereocenters. The van der Waals surface area contributed by atoms with E-state index < -0.39 is 0 Å². The van der Waals surface area contributed by atoms with Gasteiger partial charge in [-0.2, -0.15) is 39.1 Å². The number of hydrogen-bond donors (Lipinski definition) is 3. The van der Waals surface area contributed by atoms with Crippen LogP contribution in [0, 0.1) is 104 Å². The van der Waals surface area contributed by atoms with Gasteiger partial charge in [0, 0.05) is 20.9 Å².